The van der Waals surface area contributed by atoms with E-state index in [1.165, 1.54) is 31.2 Å². The lowest BCUT2D eigenvalue weighted by molar-refractivity contribution is 0.366. The molecule has 0 aliphatic heterocycles. The molecule has 19 heavy (non-hydrogen) atoms. The van der Waals surface area contributed by atoms with Crippen LogP contribution in [0.2, 0.25) is 0 Å². The van der Waals surface area contributed by atoms with Crippen LogP contribution in [-0.4, -0.2) is 20.7 Å². The van der Waals surface area contributed by atoms with Crippen molar-refractivity contribution in [2.75, 3.05) is 0 Å². The summed E-state index contributed by atoms with van der Waals surface area (Å²) in [6.45, 7) is 1.62. The van der Waals surface area contributed by atoms with Gasteiger partial charge in [0.2, 0.25) is 5.89 Å². The van der Waals surface area contributed by atoms with Crippen LogP contribution in [0.5, 0.6) is 0 Å². The Hall–Kier alpha value is -1.62. The first-order valence-corrected chi connectivity index (χ1v) is 7.07. The second-order valence-electron chi connectivity index (χ2n) is 5.67. The number of nitrogens with zero attached hydrogens (tertiary/aromatic N) is 3. The molecule has 4 rings (SSSR count). The zero-order chi connectivity index (χ0) is 12.7. The fourth-order valence-corrected chi connectivity index (χ4v) is 2.24. The molecule has 2 saturated carbocycles. The van der Waals surface area contributed by atoms with Crippen molar-refractivity contribution in [1.29, 1.82) is 0 Å². The highest BCUT2D eigenvalue weighted by Crippen LogP contribution is 2.38. The van der Waals surface area contributed by atoms with Crippen molar-refractivity contribution in [1.82, 2.24) is 20.0 Å². The Kier molecular flexibility index (Phi) is 2.65. The largest absolute Gasteiger partial charge is 0.345 e. The molecule has 2 fully saturated rings. The summed E-state index contributed by atoms with van der Waals surface area (Å²) in [6, 6.07) is 2.90. The molecule has 0 spiro atoms. The molecule has 5 nitrogen and oxygen atoms in total. The molecular weight excluding hydrogens is 240 g/mol. The molecule has 100 valence electrons. The first-order valence-electron chi connectivity index (χ1n) is 7.07. The second kappa shape index (κ2) is 4.49. The van der Waals surface area contributed by atoms with Crippen LogP contribution >= 0.6 is 0 Å². The van der Waals surface area contributed by atoms with E-state index >= 15 is 0 Å². The quantitative estimate of drug-likeness (QED) is 0.861. The highest BCUT2D eigenvalue weighted by Gasteiger charge is 2.28. The van der Waals surface area contributed by atoms with Gasteiger partial charge in [0, 0.05) is 30.9 Å². The zero-order valence-corrected chi connectivity index (χ0v) is 10.9. The Balaban J connectivity index is 1.37. The van der Waals surface area contributed by atoms with Gasteiger partial charge in [-0.25, -0.2) is 0 Å². The van der Waals surface area contributed by atoms with E-state index in [0.717, 1.165) is 18.4 Å². The second-order valence-corrected chi connectivity index (χ2v) is 5.67. The number of aromatic nitrogens is 3. The third-order valence-corrected chi connectivity index (χ3v) is 3.73. The first kappa shape index (κ1) is 11.2. The van der Waals surface area contributed by atoms with Crippen molar-refractivity contribution in [3.05, 3.63) is 35.7 Å². The molecule has 1 N–H and O–H groups in total. The van der Waals surface area contributed by atoms with Crippen molar-refractivity contribution < 1.29 is 4.52 Å². The summed E-state index contributed by atoms with van der Waals surface area (Å²) in [7, 11) is 0. The average Bonchev–Trinajstić information content (AvgIpc) is 3.34. The summed E-state index contributed by atoms with van der Waals surface area (Å²) in [5, 5.41) is 7.55. The minimum absolute atomic E-state index is 0.556. The molecule has 0 bridgehead atoms. The van der Waals surface area contributed by atoms with Crippen LogP contribution in [0.15, 0.2) is 23.0 Å². The van der Waals surface area contributed by atoms with Gasteiger partial charge in [-0.3, -0.25) is 0 Å². The molecule has 0 unspecified atom stereocenters. The topological polar surface area (TPSA) is 55.9 Å². The maximum absolute atomic E-state index is 5.29. The summed E-state index contributed by atoms with van der Waals surface area (Å²) in [5.41, 5.74) is 1.31. The van der Waals surface area contributed by atoms with E-state index in [0.29, 0.717) is 18.4 Å². The average molecular weight is 258 g/mol. The number of hydrogen-bond donors (Lipinski definition) is 1. The fourth-order valence-electron chi connectivity index (χ4n) is 2.24. The van der Waals surface area contributed by atoms with Gasteiger partial charge in [-0.1, -0.05) is 5.16 Å². The van der Waals surface area contributed by atoms with Crippen LogP contribution in [0.1, 0.15) is 48.9 Å². The molecule has 0 saturated heterocycles. The summed E-state index contributed by atoms with van der Waals surface area (Å²) in [5.74, 6) is 2.15. The van der Waals surface area contributed by atoms with Crippen LogP contribution in [0.3, 0.4) is 0 Å². The monoisotopic (exact) mass is 258 g/mol. The maximum atomic E-state index is 5.29. The Morgan fingerprint density at radius 1 is 1.32 bits per heavy atom. The minimum Gasteiger partial charge on any atom is -0.345 e. The molecule has 2 aromatic rings. The molecule has 0 atom stereocenters. The number of hydrogen-bond acceptors (Lipinski definition) is 4. The lowest BCUT2D eigenvalue weighted by Gasteiger charge is -1.99. The first-order chi connectivity index (χ1) is 9.37. The summed E-state index contributed by atoms with van der Waals surface area (Å²) in [6.07, 6.45) is 9.29. The molecule has 0 radical (unpaired) electrons. The van der Waals surface area contributed by atoms with Crippen molar-refractivity contribution in [2.24, 2.45) is 0 Å². The van der Waals surface area contributed by atoms with Crippen LogP contribution < -0.4 is 5.32 Å². The van der Waals surface area contributed by atoms with E-state index in [2.05, 4.69) is 38.5 Å². The van der Waals surface area contributed by atoms with Gasteiger partial charge in [0.1, 0.15) is 6.54 Å². The van der Waals surface area contributed by atoms with E-state index in [1.807, 2.05) is 0 Å². The summed E-state index contributed by atoms with van der Waals surface area (Å²) < 4.78 is 7.40. The third-order valence-electron chi connectivity index (χ3n) is 3.73. The van der Waals surface area contributed by atoms with E-state index in [4.69, 9.17) is 4.52 Å². The molecule has 2 aliphatic carbocycles. The van der Waals surface area contributed by atoms with E-state index < -0.39 is 0 Å². The van der Waals surface area contributed by atoms with E-state index in [1.54, 1.807) is 0 Å². The fraction of sp³-hybridized carbons (Fsp3) is 0.571. The van der Waals surface area contributed by atoms with Gasteiger partial charge in [0.05, 0.1) is 0 Å². The standard InChI is InChI=1S/C14H18N4O/c1-2-11(1)14-16-13(19-17-14)9-18-6-5-10(8-18)7-15-12-3-4-12/h5-6,8,11-12,15H,1-4,7,9H2. The maximum Gasteiger partial charge on any atom is 0.246 e. The molecular formula is C14H18N4O. The Labute approximate surface area is 112 Å². The lowest BCUT2D eigenvalue weighted by atomic mass is 10.3. The van der Waals surface area contributed by atoms with Gasteiger partial charge in [-0.15, -0.1) is 0 Å². The highest BCUT2D eigenvalue weighted by atomic mass is 16.5. The summed E-state index contributed by atoms with van der Waals surface area (Å²) in [4.78, 5) is 4.45. The normalized spacial score (nSPS) is 18.9. The van der Waals surface area contributed by atoms with Gasteiger partial charge >= 0.3 is 0 Å². The minimum atomic E-state index is 0.556. The smallest absolute Gasteiger partial charge is 0.246 e. The van der Waals surface area contributed by atoms with Gasteiger partial charge in [0.25, 0.3) is 0 Å². The molecule has 5 heteroatoms. The van der Waals surface area contributed by atoms with Gasteiger partial charge in [-0.2, -0.15) is 4.98 Å². The molecule has 2 aliphatic rings. The van der Waals surface area contributed by atoms with Crippen molar-refractivity contribution in [3.63, 3.8) is 0 Å². The van der Waals surface area contributed by atoms with Gasteiger partial charge in [-0.05, 0) is 37.3 Å². The van der Waals surface area contributed by atoms with Crippen LogP contribution in [0.25, 0.3) is 0 Å². The highest BCUT2D eigenvalue weighted by molar-refractivity contribution is 5.11. The Bertz CT molecular complexity index is 566. The zero-order valence-electron chi connectivity index (χ0n) is 10.9. The van der Waals surface area contributed by atoms with Crippen LogP contribution in [0.4, 0.5) is 0 Å². The van der Waals surface area contributed by atoms with E-state index in [-0.39, 0.29) is 0 Å². The number of rotatable bonds is 6. The molecule has 0 aromatic carbocycles. The predicted octanol–water partition coefficient (Wildman–Crippen LogP) is 2.05. The SMILES string of the molecule is c1cn(Cc2nc(C3CC3)no2)cc1CNC1CC1. The molecule has 2 aromatic heterocycles. The van der Waals surface area contributed by atoms with Crippen LogP contribution in [-0.2, 0) is 13.1 Å². The van der Waals surface area contributed by atoms with Gasteiger partial charge < -0.3 is 14.4 Å². The van der Waals surface area contributed by atoms with Crippen molar-refractivity contribution in [2.45, 2.75) is 50.7 Å². The lowest BCUT2D eigenvalue weighted by Crippen LogP contribution is -2.14. The van der Waals surface area contributed by atoms with Crippen molar-refractivity contribution >= 4 is 0 Å². The van der Waals surface area contributed by atoms with Crippen molar-refractivity contribution in [3.8, 4) is 0 Å². The predicted molar refractivity (Wildman–Crippen MR) is 69.7 cm³/mol. The Morgan fingerprint density at radius 2 is 2.21 bits per heavy atom. The molecule has 2 heterocycles. The number of nitrogens with one attached hydrogen (secondary N) is 1. The third kappa shape index (κ3) is 2.71. The van der Waals surface area contributed by atoms with E-state index in [9.17, 15) is 0 Å². The van der Waals surface area contributed by atoms with Gasteiger partial charge in [0.15, 0.2) is 5.82 Å². The molecule has 0 amide bonds. The Morgan fingerprint density at radius 3 is 3.00 bits per heavy atom. The summed E-state index contributed by atoms with van der Waals surface area (Å²) >= 11 is 0. The van der Waals surface area contributed by atoms with Crippen LogP contribution in [0, 0.1) is 0 Å².